The van der Waals surface area contributed by atoms with E-state index in [0.717, 1.165) is 18.4 Å². The van der Waals surface area contributed by atoms with Gasteiger partial charge in [-0.15, -0.1) is 0 Å². The van der Waals surface area contributed by atoms with Crippen LogP contribution in [0.1, 0.15) is 33.6 Å². The van der Waals surface area contributed by atoms with Gasteiger partial charge in [0.05, 0.1) is 0 Å². The summed E-state index contributed by atoms with van der Waals surface area (Å²) in [5.74, 6) is -0.771. The van der Waals surface area contributed by atoms with Gasteiger partial charge < -0.3 is 5.11 Å². The molecule has 0 radical (unpaired) electrons. The summed E-state index contributed by atoms with van der Waals surface area (Å²) in [6, 6.07) is 0. The summed E-state index contributed by atoms with van der Waals surface area (Å²) in [5, 5.41) is 8.69. The van der Waals surface area contributed by atoms with E-state index in [4.69, 9.17) is 5.11 Å². The van der Waals surface area contributed by atoms with Gasteiger partial charge in [0.1, 0.15) is 0 Å². The molecule has 0 spiro atoms. The molecule has 1 fully saturated rings. The molecule has 1 aliphatic carbocycles. The van der Waals surface area contributed by atoms with Crippen LogP contribution in [-0.2, 0) is 4.79 Å². The van der Waals surface area contributed by atoms with Crippen molar-refractivity contribution in [2.45, 2.75) is 33.6 Å². The number of rotatable bonds is 1. The summed E-state index contributed by atoms with van der Waals surface area (Å²) in [6.07, 6.45) is 2.08. The molecule has 0 amide bonds. The van der Waals surface area contributed by atoms with Crippen LogP contribution in [0.15, 0.2) is 11.1 Å². The first kappa shape index (κ1) is 8.31. The fraction of sp³-hybridized carbons (Fsp3) is 0.667. The Bertz CT molecular complexity index is 224. The molecule has 0 aromatic carbocycles. The van der Waals surface area contributed by atoms with Crippen molar-refractivity contribution in [3.8, 4) is 0 Å². The van der Waals surface area contributed by atoms with Crippen molar-refractivity contribution >= 4 is 5.97 Å². The molecule has 0 aliphatic heterocycles. The molecule has 0 aromatic rings. The van der Waals surface area contributed by atoms with E-state index in [0.29, 0.717) is 5.57 Å². The molecule has 1 N–H and O–H groups in total. The van der Waals surface area contributed by atoms with Crippen LogP contribution in [-0.4, -0.2) is 11.1 Å². The van der Waals surface area contributed by atoms with E-state index in [1.807, 2.05) is 0 Å². The van der Waals surface area contributed by atoms with E-state index in [2.05, 4.69) is 13.8 Å². The minimum absolute atomic E-state index is 0.141. The molecule has 1 rings (SSSR count). The Morgan fingerprint density at radius 1 is 1.55 bits per heavy atom. The quantitative estimate of drug-likeness (QED) is 0.588. The van der Waals surface area contributed by atoms with Crippen molar-refractivity contribution in [3.05, 3.63) is 11.1 Å². The molecular formula is C9H14O2. The lowest BCUT2D eigenvalue weighted by atomic mass is 9.65. The van der Waals surface area contributed by atoms with E-state index >= 15 is 0 Å². The first-order valence-electron chi connectivity index (χ1n) is 3.88. The Morgan fingerprint density at radius 3 is 2.18 bits per heavy atom. The summed E-state index contributed by atoms with van der Waals surface area (Å²) >= 11 is 0. The average Bonchev–Trinajstić information content (AvgIpc) is 1.85. The monoisotopic (exact) mass is 154 g/mol. The highest BCUT2D eigenvalue weighted by atomic mass is 16.4. The van der Waals surface area contributed by atoms with Gasteiger partial charge in [-0.1, -0.05) is 19.4 Å². The number of allylic oxidation sites excluding steroid dienone is 1. The summed E-state index contributed by atoms with van der Waals surface area (Å²) in [6.45, 7) is 5.88. The van der Waals surface area contributed by atoms with Gasteiger partial charge in [0.15, 0.2) is 0 Å². The molecule has 0 bridgehead atoms. The standard InChI is InChI=1S/C9H14O2/c1-6(8(10)11)7-4-5-9(7,2)3/h4-5H2,1-3H3,(H,10,11)/b7-6+. The molecule has 1 saturated carbocycles. The number of hydrogen-bond donors (Lipinski definition) is 1. The van der Waals surface area contributed by atoms with Crippen LogP contribution in [0.2, 0.25) is 0 Å². The van der Waals surface area contributed by atoms with E-state index in [9.17, 15) is 4.79 Å². The SMILES string of the molecule is C/C(C(=O)O)=C1/CCC1(C)C. The zero-order valence-corrected chi connectivity index (χ0v) is 7.27. The summed E-state index contributed by atoms with van der Waals surface area (Å²) < 4.78 is 0. The molecular weight excluding hydrogens is 140 g/mol. The number of carboxylic acids is 1. The Hall–Kier alpha value is -0.790. The molecule has 62 valence electrons. The number of carboxylic acid groups (broad SMARTS) is 1. The molecule has 0 aromatic heterocycles. The van der Waals surface area contributed by atoms with Gasteiger partial charge in [-0.2, -0.15) is 0 Å². The highest BCUT2D eigenvalue weighted by Crippen LogP contribution is 2.46. The van der Waals surface area contributed by atoms with E-state index in [1.165, 1.54) is 0 Å². The van der Waals surface area contributed by atoms with Gasteiger partial charge in [-0.3, -0.25) is 0 Å². The van der Waals surface area contributed by atoms with Crippen LogP contribution < -0.4 is 0 Å². The lowest BCUT2D eigenvalue weighted by Gasteiger charge is -2.39. The Kier molecular flexibility index (Phi) is 1.78. The van der Waals surface area contributed by atoms with Gasteiger partial charge in [-0.25, -0.2) is 4.79 Å². The van der Waals surface area contributed by atoms with Gasteiger partial charge in [0.25, 0.3) is 0 Å². The first-order chi connectivity index (χ1) is 4.95. The molecule has 1 aliphatic rings. The molecule has 0 atom stereocenters. The van der Waals surface area contributed by atoms with Gasteiger partial charge in [0.2, 0.25) is 0 Å². The Labute approximate surface area is 66.9 Å². The van der Waals surface area contributed by atoms with Crippen LogP contribution in [0.5, 0.6) is 0 Å². The van der Waals surface area contributed by atoms with Crippen molar-refractivity contribution < 1.29 is 9.90 Å². The lowest BCUT2D eigenvalue weighted by molar-refractivity contribution is -0.132. The average molecular weight is 154 g/mol. The molecule has 11 heavy (non-hydrogen) atoms. The molecule has 2 nitrogen and oxygen atoms in total. The maximum Gasteiger partial charge on any atom is 0.331 e. The lowest BCUT2D eigenvalue weighted by Crippen LogP contribution is -2.28. The predicted molar refractivity (Wildman–Crippen MR) is 43.4 cm³/mol. The van der Waals surface area contributed by atoms with E-state index < -0.39 is 5.97 Å². The van der Waals surface area contributed by atoms with Crippen molar-refractivity contribution in [1.29, 1.82) is 0 Å². The predicted octanol–water partition coefficient (Wildman–Crippen LogP) is 2.21. The minimum atomic E-state index is -0.771. The second kappa shape index (κ2) is 2.36. The summed E-state index contributed by atoms with van der Waals surface area (Å²) in [4.78, 5) is 10.6. The van der Waals surface area contributed by atoms with Crippen LogP contribution in [0.4, 0.5) is 0 Å². The fourth-order valence-corrected chi connectivity index (χ4v) is 1.57. The topological polar surface area (TPSA) is 37.3 Å². The van der Waals surface area contributed by atoms with Crippen molar-refractivity contribution in [1.82, 2.24) is 0 Å². The second-order valence-corrected chi connectivity index (χ2v) is 3.79. The molecule has 0 saturated heterocycles. The van der Waals surface area contributed by atoms with Crippen LogP contribution >= 0.6 is 0 Å². The van der Waals surface area contributed by atoms with Crippen LogP contribution in [0, 0.1) is 5.41 Å². The van der Waals surface area contributed by atoms with Crippen LogP contribution in [0.25, 0.3) is 0 Å². The zero-order chi connectivity index (χ0) is 8.65. The first-order valence-corrected chi connectivity index (χ1v) is 3.88. The van der Waals surface area contributed by atoms with Crippen molar-refractivity contribution in [3.63, 3.8) is 0 Å². The van der Waals surface area contributed by atoms with Gasteiger partial charge in [-0.05, 0) is 25.2 Å². The van der Waals surface area contributed by atoms with Crippen molar-refractivity contribution in [2.75, 3.05) is 0 Å². The normalized spacial score (nSPS) is 25.7. The maximum absolute atomic E-state index is 10.6. The Morgan fingerprint density at radius 2 is 2.09 bits per heavy atom. The second-order valence-electron chi connectivity index (χ2n) is 3.79. The maximum atomic E-state index is 10.6. The number of carbonyl (C=O) groups is 1. The van der Waals surface area contributed by atoms with E-state index in [-0.39, 0.29) is 5.41 Å². The highest BCUT2D eigenvalue weighted by Gasteiger charge is 2.34. The van der Waals surface area contributed by atoms with Crippen molar-refractivity contribution in [2.24, 2.45) is 5.41 Å². The smallest absolute Gasteiger partial charge is 0.331 e. The molecule has 2 heteroatoms. The fourth-order valence-electron chi connectivity index (χ4n) is 1.57. The Balaban J connectivity index is 2.90. The molecule has 0 unspecified atom stereocenters. The van der Waals surface area contributed by atoms with Crippen LogP contribution in [0.3, 0.4) is 0 Å². The number of hydrogen-bond acceptors (Lipinski definition) is 1. The van der Waals surface area contributed by atoms with E-state index in [1.54, 1.807) is 6.92 Å². The summed E-state index contributed by atoms with van der Waals surface area (Å²) in [5.41, 5.74) is 1.80. The number of aliphatic carboxylic acids is 1. The third-order valence-electron chi connectivity index (χ3n) is 2.59. The third kappa shape index (κ3) is 1.30. The van der Waals surface area contributed by atoms with Gasteiger partial charge >= 0.3 is 5.97 Å². The molecule has 0 heterocycles. The van der Waals surface area contributed by atoms with Gasteiger partial charge in [0, 0.05) is 5.57 Å². The zero-order valence-electron chi connectivity index (χ0n) is 7.27. The highest BCUT2D eigenvalue weighted by molar-refractivity contribution is 5.87. The summed E-state index contributed by atoms with van der Waals surface area (Å²) in [7, 11) is 0. The third-order valence-corrected chi connectivity index (χ3v) is 2.59. The minimum Gasteiger partial charge on any atom is -0.478 e. The largest absolute Gasteiger partial charge is 0.478 e.